The van der Waals surface area contributed by atoms with E-state index >= 15 is 0 Å². The van der Waals surface area contributed by atoms with Crippen LogP contribution in [0.4, 0.5) is 4.39 Å². The first-order valence-corrected chi connectivity index (χ1v) is 6.79. The summed E-state index contributed by atoms with van der Waals surface area (Å²) in [7, 11) is 0. The Morgan fingerprint density at radius 1 is 1.00 bits per heavy atom. The van der Waals surface area contributed by atoms with Gasteiger partial charge in [0, 0.05) is 23.3 Å². The Balaban J connectivity index is 2.21. The highest BCUT2D eigenvalue weighted by Gasteiger charge is 2.10. The second-order valence-electron chi connectivity index (χ2n) is 5.30. The molecule has 0 aliphatic carbocycles. The van der Waals surface area contributed by atoms with E-state index in [0.29, 0.717) is 11.5 Å². The molecule has 0 aliphatic heterocycles. The Kier molecular flexibility index (Phi) is 3.23. The summed E-state index contributed by atoms with van der Waals surface area (Å²) < 4.78 is 14.4. The Labute approximate surface area is 118 Å². The van der Waals surface area contributed by atoms with Gasteiger partial charge in [-0.1, -0.05) is 44.2 Å². The predicted molar refractivity (Wildman–Crippen MR) is 81.2 cm³/mol. The molecule has 1 nitrogen and oxygen atoms in total. The van der Waals surface area contributed by atoms with Crippen LogP contribution in [0.15, 0.2) is 54.9 Å². The van der Waals surface area contributed by atoms with Gasteiger partial charge in [0.2, 0.25) is 0 Å². The van der Waals surface area contributed by atoms with Crippen molar-refractivity contribution in [2.45, 2.75) is 19.8 Å². The third-order valence-corrected chi connectivity index (χ3v) is 3.63. The van der Waals surface area contributed by atoms with Gasteiger partial charge in [-0.25, -0.2) is 4.39 Å². The standard InChI is InChI=1S/C18H16FN/c1-12(2)14-6-7-16(18(19)10-14)15-5-3-4-13-8-9-20-11-17(13)15/h3-12H,1-2H3. The molecule has 0 fully saturated rings. The normalized spacial score (nSPS) is 11.2. The first kappa shape index (κ1) is 12.8. The molecule has 0 radical (unpaired) electrons. The number of halogens is 1. The van der Waals surface area contributed by atoms with Gasteiger partial charge in [0.25, 0.3) is 0 Å². The SMILES string of the molecule is CC(C)c1ccc(-c2cccc3ccncc23)c(F)c1. The number of hydrogen-bond acceptors (Lipinski definition) is 1. The van der Waals surface area contributed by atoms with E-state index in [0.717, 1.165) is 21.9 Å². The van der Waals surface area contributed by atoms with Gasteiger partial charge in [0.15, 0.2) is 0 Å². The second-order valence-corrected chi connectivity index (χ2v) is 5.30. The summed E-state index contributed by atoms with van der Waals surface area (Å²) in [6.45, 7) is 4.13. The fourth-order valence-corrected chi connectivity index (χ4v) is 2.46. The number of benzene rings is 2. The Morgan fingerprint density at radius 2 is 1.85 bits per heavy atom. The van der Waals surface area contributed by atoms with E-state index in [-0.39, 0.29) is 5.82 Å². The third-order valence-electron chi connectivity index (χ3n) is 3.63. The van der Waals surface area contributed by atoms with Crippen LogP contribution in [0.1, 0.15) is 25.3 Å². The maximum atomic E-state index is 14.4. The molecule has 1 aromatic heterocycles. The van der Waals surface area contributed by atoms with Gasteiger partial charge >= 0.3 is 0 Å². The molecule has 3 aromatic rings. The van der Waals surface area contributed by atoms with Gasteiger partial charge in [0.1, 0.15) is 5.82 Å². The highest BCUT2D eigenvalue weighted by atomic mass is 19.1. The highest BCUT2D eigenvalue weighted by molar-refractivity contribution is 5.96. The smallest absolute Gasteiger partial charge is 0.131 e. The Morgan fingerprint density at radius 3 is 2.60 bits per heavy atom. The fourth-order valence-electron chi connectivity index (χ4n) is 2.46. The number of fused-ring (bicyclic) bond motifs is 1. The lowest BCUT2D eigenvalue weighted by atomic mass is 9.95. The molecule has 0 aliphatic rings. The molecular formula is C18H16FN. The van der Waals surface area contributed by atoms with Crippen molar-refractivity contribution in [1.82, 2.24) is 4.98 Å². The zero-order valence-corrected chi connectivity index (χ0v) is 11.6. The summed E-state index contributed by atoms with van der Waals surface area (Å²) in [5.74, 6) is 0.153. The summed E-state index contributed by atoms with van der Waals surface area (Å²) in [6, 6.07) is 13.4. The van der Waals surface area contributed by atoms with Gasteiger partial charge in [-0.3, -0.25) is 4.98 Å². The van der Waals surface area contributed by atoms with Crippen LogP contribution in [0, 0.1) is 5.82 Å². The zero-order chi connectivity index (χ0) is 14.1. The summed E-state index contributed by atoms with van der Waals surface area (Å²) >= 11 is 0. The minimum Gasteiger partial charge on any atom is -0.264 e. The summed E-state index contributed by atoms with van der Waals surface area (Å²) in [6.07, 6.45) is 3.55. The topological polar surface area (TPSA) is 12.9 Å². The summed E-state index contributed by atoms with van der Waals surface area (Å²) in [4.78, 5) is 4.15. The van der Waals surface area contributed by atoms with Crippen LogP contribution in [0.3, 0.4) is 0 Å². The van der Waals surface area contributed by atoms with Crippen LogP contribution < -0.4 is 0 Å². The van der Waals surface area contributed by atoms with Crippen LogP contribution in [0.25, 0.3) is 21.9 Å². The van der Waals surface area contributed by atoms with Gasteiger partial charge in [0.05, 0.1) is 0 Å². The Bertz CT molecular complexity index is 757. The molecule has 2 aromatic carbocycles. The lowest BCUT2D eigenvalue weighted by molar-refractivity contribution is 0.627. The molecule has 0 saturated carbocycles. The van der Waals surface area contributed by atoms with Crippen molar-refractivity contribution in [2.24, 2.45) is 0 Å². The van der Waals surface area contributed by atoms with E-state index in [9.17, 15) is 4.39 Å². The lowest BCUT2D eigenvalue weighted by Crippen LogP contribution is -1.92. The molecule has 0 amide bonds. The lowest BCUT2D eigenvalue weighted by Gasteiger charge is -2.11. The molecule has 100 valence electrons. The molecular weight excluding hydrogens is 249 g/mol. The fraction of sp³-hybridized carbons (Fsp3) is 0.167. The molecule has 0 spiro atoms. The number of pyridine rings is 1. The van der Waals surface area contributed by atoms with Crippen LogP contribution >= 0.6 is 0 Å². The maximum Gasteiger partial charge on any atom is 0.131 e. The molecule has 0 atom stereocenters. The van der Waals surface area contributed by atoms with E-state index in [1.165, 1.54) is 0 Å². The van der Waals surface area contributed by atoms with E-state index in [4.69, 9.17) is 0 Å². The molecule has 0 bridgehead atoms. The zero-order valence-electron chi connectivity index (χ0n) is 11.6. The maximum absolute atomic E-state index is 14.4. The van der Waals surface area contributed by atoms with Crippen molar-refractivity contribution in [3.8, 4) is 11.1 Å². The quantitative estimate of drug-likeness (QED) is 0.623. The van der Waals surface area contributed by atoms with Crippen molar-refractivity contribution >= 4 is 10.8 Å². The number of hydrogen-bond donors (Lipinski definition) is 0. The molecule has 20 heavy (non-hydrogen) atoms. The van der Waals surface area contributed by atoms with Crippen molar-refractivity contribution in [3.05, 3.63) is 66.2 Å². The van der Waals surface area contributed by atoms with Gasteiger partial charge < -0.3 is 0 Å². The van der Waals surface area contributed by atoms with Gasteiger partial charge in [-0.15, -0.1) is 0 Å². The van der Waals surface area contributed by atoms with Crippen molar-refractivity contribution in [2.75, 3.05) is 0 Å². The average molecular weight is 265 g/mol. The van der Waals surface area contributed by atoms with E-state index in [2.05, 4.69) is 18.8 Å². The molecule has 3 rings (SSSR count). The molecule has 0 saturated heterocycles. The van der Waals surface area contributed by atoms with E-state index < -0.39 is 0 Å². The van der Waals surface area contributed by atoms with Gasteiger partial charge in [-0.05, 0) is 34.6 Å². The van der Waals surface area contributed by atoms with Crippen molar-refractivity contribution in [1.29, 1.82) is 0 Å². The van der Waals surface area contributed by atoms with Crippen LogP contribution in [0.5, 0.6) is 0 Å². The average Bonchev–Trinajstić information content (AvgIpc) is 2.46. The predicted octanol–water partition coefficient (Wildman–Crippen LogP) is 5.16. The summed E-state index contributed by atoms with van der Waals surface area (Å²) in [5.41, 5.74) is 2.54. The van der Waals surface area contributed by atoms with Gasteiger partial charge in [-0.2, -0.15) is 0 Å². The first-order valence-electron chi connectivity index (χ1n) is 6.79. The minimum atomic E-state index is -0.174. The monoisotopic (exact) mass is 265 g/mol. The molecule has 0 unspecified atom stereocenters. The third kappa shape index (κ3) is 2.18. The molecule has 0 N–H and O–H groups in total. The summed E-state index contributed by atoms with van der Waals surface area (Å²) in [5, 5.41) is 2.05. The van der Waals surface area contributed by atoms with Crippen LogP contribution in [-0.2, 0) is 0 Å². The number of nitrogens with zero attached hydrogens (tertiary/aromatic N) is 1. The minimum absolute atomic E-state index is 0.174. The van der Waals surface area contributed by atoms with Crippen LogP contribution in [0.2, 0.25) is 0 Å². The van der Waals surface area contributed by atoms with Crippen molar-refractivity contribution < 1.29 is 4.39 Å². The van der Waals surface area contributed by atoms with E-state index in [1.54, 1.807) is 18.5 Å². The highest BCUT2D eigenvalue weighted by Crippen LogP contribution is 2.31. The number of rotatable bonds is 2. The first-order chi connectivity index (χ1) is 9.66. The Hall–Kier alpha value is -2.22. The molecule has 1 heterocycles. The largest absolute Gasteiger partial charge is 0.264 e. The number of aromatic nitrogens is 1. The molecule has 2 heteroatoms. The van der Waals surface area contributed by atoms with Crippen LogP contribution in [-0.4, -0.2) is 4.98 Å². The van der Waals surface area contributed by atoms with E-state index in [1.807, 2.05) is 36.4 Å². The van der Waals surface area contributed by atoms with Crippen molar-refractivity contribution in [3.63, 3.8) is 0 Å². The second kappa shape index (κ2) is 5.04.